The minimum atomic E-state index is -0.530. The van der Waals surface area contributed by atoms with Gasteiger partial charge in [-0.2, -0.15) is 0 Å². The number of anilines is 2. The maximum atomic E-state index is 11.9. The zero-order valence-corrected chi connectivity index (χ0v) is 13.6. The normalized spacial score (nSPS) is 11.8. The van der Waals surface area contributed by atoms with Crippen molar-refractivity contribution in [3.05, 3.63) is 57.5 Å². The molecule has 110 valence electrons. The summed E-state index contributed by atoms with van der Waals surface area (Å²) < 4.78 is 0.703. The molecule has 0 heterocycles. The first-order chi connectivity index (χ1) is 9.95. The number of halogens is 2. The summed E-state index contributed by atoms with van der Waals surface area (Å²) in [6.45, 7) is 1.69. The van der Waals surface area contributed by atoms with Crippen LogP contribution in [0.1, 0.15) is 18.6 Å². The van der Waals surface area contributed by atoms with Crippen molar-refractivity contribution in [1.82, 2.24) is 0 Å². The smallest absolute Gasteiger partial charge is 0.323 e. The van der Waals surface area contributed by atoms with Crippen molar-refractivity contribution in [2.45, 2.75) is 13.0 Å². The minimum Gasteiger partial charge on any atom is -0.389 e. The van der Waals surface area contributed by atoms with Crippen molar-refractivity contribution in [2.75, 3.05) is 10.6 Å². The highest BCUT2D eigenvalue weighted by molar-refractivity contribution is 9.10. The number of benzene rings is 2. The Morgan fingerprint density at radius 1 is 1.19 bits per heavy atom. The van der Waals surface area contributed by atoms with Gasteiger partial charge >= 0.3 is 6.03 Å². The predicted molar refractivity (Wildman–Crippen MR) is 88.9 cm³/mol. The monoisotopic (exact) mass is 368 g/mol. The molecule has 1 unspecified atom stereocenters. The van der Waals surface area contributed by atoms with Gasteiger partial charge in [0, 0.05) is 15.2 Å². The van der Waals surface area contributed by atoms with Crippen molar-refractivity contribution in [2.24, 2.45) is 0 Å². The number of aliphatic hydroxyl groups excluding tert-OH is 1. The molecule has 21 heavy (non-hydrogen) atoms. The highest BCUT2D eigenvalue weighted by atomic mass is 79.9. The second-order valence-corrected chi connectivity index (χ2v) is 5.79. The summed E-state index contributed by atoms with van der Waals surface area (Å²) in [5.41, 5.74) is 2.06. The molecule has 0 aliphatic carbocycles. The zero-order valence-electron chi connectivity index (χ0n) is 11.2. The number of hydrogen-bond donors (Lipinski definition) is 3. The van der Waals surface area contributed by atoms with E-state index in [2.05, 4.69) is 26.6 Å². The maximum absolute atomic E-state index is 11.9. The van der Waals surface area contributed by atoms with E-state index in [0.717, 1.165) is 5.56 Å². The molecule has 2 rings (SSSR count). The molecular formula is C15H14BrClN2O2. The molecule has 0 fully saturated rings. The van der Waals surface area contributed by atoms with Gasteiger partial charge in [0.05, 0.1) is 11.8 Å². The number of nitrogens with one attached hydrogen (secondary N) is 2. The average Bonchev–Trinajstić information content (AvgIpc) is 2.42. The molecule has 0 bridgehead atoms. The van der Waals surface area contributed by atoms with Gasteiger partial charge in [0.25, 0.3) is 0 Å². The summed E-state index contributed by atoms with van der Waals surface area (Å²) in [6.07, 6.45) is -0.530. The summed E-state index contributed by atoms with van der Waals surface area (Å²) in [7, 11) is 0. The van der Waals surface area contributed by atoms with E-state index in [9.17, 15) is 9.90 Å². The van der Waals surface area contributed by atoms with Crippen LogP contribution in [0, 0.1) is 0 Å². The van der Waals surface area contributed by atoms with E-state index in [1.807, 2.05) is 0 Å². The number of hydrogen-bond acceptors (Lipinski definition) is 2. The van der Waals surface area contributed by atoms with Crippen LogP contribution in [0.2, 0.25) is 5.02 Å². The van der Waals surface area contributed by atoms with E-state index in [0.29, 0.717) is 20.9 Å². The molecule has 1 atom stereocenters. The van der Waals surface area contributed by atoms with Crippen LogP contribution in [0.3, 0.4) is 0 Å². The van der Waals surface area contributed by atoms with Crippen LogP contribution in [0.4, 0.5) is 16.2 Å². The fraction of sp³-hybridized carbons (Fsp3) is 0.133. The molecule has 0 saturated heterocycles. The Balaban J connectivity index is 2.01. The molecule has 3 N–H and O–H groups in total. The maximum Gasteiger partial charge on any atom is 0.323 e. The summed E-state index contributed by atoms with van der Waals surface area (Å²) in [5, 5.41) is 15.4. The molecule has 0 aromatic heterocycles. The van der Waals surface area contributed by atoms with Crippen molar-refractivity contribution in [3.8, 4) is 0 Å². The van der Waals surface area contributed by atoms with Gasteiger partial charge in [-0.15, -0.1) is 0 Å². The van der Waals surface area contributed by atoms with Crippen LogP contribution in [0.25, 0.3) is 0 Å². The third-order valence-corrected chi connectivity index (χ3v) is 3.72. The van der Waals surface area contributed by atoms with Crippen LogP contribution in [0.5, 0.6) is 0 Å². The lowest BCUT2D eigenvalue weighted by Crippen LogP contribution is -2.19. The summed E-state index contributed by atoms with van der Waals surface area (Å²) in [5.74, 6) is 0. The van der Waals surface area contributed by atoms with E-state index in [4.69, 9.17) is 11.6 Å². The molecule has 2 amide bonds. The van der Waals surface area contributed by atoms with Gasteiger partial charge in [0.1, 0.15) is 0 Å². The SMILES string of the molecule is CC(O)c1ccc(NC(=O)Nc2ccc(Cl)cc2Br)cc1. The molecule has 0 radical (unpaired) electrons. The number of amides is 2. The van der Waals surface area contributed by atoms with Crippen LogP contribution >= 0.6 is 27.5 Å². The Morgan fingerprint density at radius 3 is 2.43 bits per heavy atom. The average molecular weight is 370 g/mol. The van der Waals surface area contributed by atoms with E-state index in [1.54, 1.807) is 49.4 Å². The highest BCUT2D eigenvalue weighted by Gasteiger charge is 2.07. The second-order valence-electron chi connectivity index (χ2n) is 4.50. The Morgan fingerprint density at radius 2 is 1.86 bits per heavy atom. The van der Waals surface area contributed by atoms with Gasteiger partial charge in [0.15, 0.2) is 0 Å². The molecule has 0 aliphatic heterocycles. The predicted octanol–water partition coefficient (Wildman–Crippen LogP) is 4.80. The van der Waals surface area contributed by atoms with E-state index in [-0.39, 0.29) is 6.03 Å². The van der Waals surface area contributed by atoms with Crippen LogP contribution < -0.4 is 10.6 Å². The molecule has 6 heteroatoms. The van der Waals surface area contributed by atoms with Crippen molar-refractivity contribution >= 4 is 44.9 Å². The highest BCUT2D eigenvalue weighted by Crippen LogP contribution is 2.26. The third kappa shape index (κ3) is 4.46. The first-order valence-electron chi connectivity index (χ1n) is 6.27. The largest absolute Gasteiger partial charge is 0.389 e. The van der Waals surface area contributed by atoms with E-state index >= 15 is 0 Å². The lowest BCUT2D eigenvalue weighted by atomic mass is 10.1. The number of carbonyl (C=O) groups is 1. The third-order valence-electron chi connectivity index (χ3n) is 2.83. The van der Waals surface area contributed by atoms with Gasteiger partial charge in [-0.1, -0.05) is 23.7 Å². The van der Waals surface area contributed by atoms with Crippen LogP contribution in [-0.2, 0) is 0 Å². The Kier molecular flexibility index (Phi) is 5.22. The van der Waals surface area contributed by atoms with Crippen molar-refractivity contribution in [3.63, 3.8) is 0 Å². The second kappa shape index (κ2) is 6.93. The standard InChI is InChI=1S/C15H14BrClN2O2/c1-9(20)10-2-5-12(6-3-10)18-15(21)19-14-7-4-11(17)8-13(14)16/h2-9,20H,1H3,(H2,18,19,21). The van der Waals surface area contributed by atoms with Crippen LogP contribution in [-0.4, -0.2) is 11.1 Å². The van der Waals surface area contributed by atoms with Crippen molar-refractivity contribution < 1.29 is 9.90 Å². The van der Waals surface area contributed by atoms with Gasteiger partial charge in [-0.3, -0.25) is 0 Å². The summed E-state index contributed by atoms with van der Waals surface area (Å²) >= 11 is 9.18. The van der Waals surface area contributed by atoms with Crippen molar-refractivity contribution in [1.29, 1.82) is 0 Å². The van der Waals surface area contributed by atoms with E-state index in [1.165, 1.54) is 0 Å². The molecule has 0 spiro atoms. The summed E-state index contributed by atoms with van der Waals surface area (Å²) in [6, 6.07) is 11.7. The molecule has 4 nitrogen and oxygen atoms in total. The minimum absolute atomic E-state index is 0.359. The van der Waals surface area contributed by atoms with Gasteiger partial charge in [-0.05, 0) is 58.7 Å². The number of carbonyl (C=O) groups excluding carboxylic acids is 1. The first kappa shape index (κ1) is 15.8. The van der Waals surface area contributed by atoms with Gasteiger partial charge < -0.3 is 15.7 Å². The summed E-state index contributed by atoms with van der Waals surface area (Å²) in [4.78, 5) is 11.9. The lowest BCUT2D eigenvalue weighted by Gasteiger charge is -2.10. The molecule has 0 saturated carbocycles. The Labute approximate surface area is 136 Å². The lowest BCUT2D eigenvalue weighted by molar-refractivity contribution is 0.199. The molecule has 0 aliphatic rings. The Hall–Kier alpha value is -1.56. The number of aliphatic hydroxyl groups is 1. The number of urea groups is 1. The van der Waals surface area contributed by atoms with Crippen LogP contribution in [0.15, 0.2) is 46.9 Å². The first-order valence-corrected chi connectivity index (χ1v) is 7.44. The molecule has 2 aromatic rings. The fourth-order valence-corrected chi connectivity index (χ4v) is 2.50. The van der Waals surface area contributed by atoms with Gasteiger partial charge in [-0.25, -0.2) is 4.79 Å². The molecule has 2 aromatic carbocycles. The quantitative estimate of drug-likeness (QED) is 0.728. The number of rotatable bonds is 3. The fourth-order valence-electron chi connectivity index (χ4n) is 1.72. The Bertz CT molecular complexity index is 645. The van der Waals surface area contributed by atoms with Gasteiger partial charge in [0.2, 0.25) is 0 Å². The zero-order chi connectivity index (χ0) is 15.4. The van der Waals surface area contributed by atoms with E-state index < -0.39 is 6.10 Å². The topological polar surface area (TPSA) is 61.4 Å². The molecular weight excluding hydrogens is 356 g/mol.